The molecule has 1 unspecified atom stereocenters. The van der Waals surface area contributed by atoms with E-state index in [4.69, 9.17) is 5.73 Å². The molecule has 0 spiro atoms. The summed E-state index contributed by atoms with van der Waals surface area (Å²) >= 11 is 0. The number of rotatable bonds is 6. The highest BCUT2D eigenvalue weighted by molar-refractivity contribution is 5.83. The van der Waals surface area contributed by atoms with Crippen molar-refractivity contribution >= 4 is 5.96 Å². The molecule has 0 aromatic carbocycles. The SMILES string of the molecule is NC1(CC2CCC(N3CCC3)CC2)NC(=NCc2cnccc2C(F)(F)F)NC=C1[N+](=O)[O-]. The van der Waals surface area contributed by atoms with Crippen LogP contribution in [0, 0.1) is 16.0 Å². The van der Waals surface area contributed by atoms with Crippen molar-refractivity contribution in [2.24, 2.45) is 16.6 Å². The fraction of sp³-hybridized carbons (Fsp3) is 0.619. The number of nitrogens with one attached hydrogen (secondary N) is 2. The van der Waals surface area contributed by atoms with Crippen molar-refractivity contribution in [3.8, 4) is 0 Å². The molecule has 2 aliphatic heterocycles. The molecule has 1 aromatic heterocycles. The van der Waals surface area contributed by atoms with Crippen LogP contribution in [-0.4, -0.2) is 45.6 Å². The zero-order valence-electron chi connectivity index (χ0n) is 18.1. The van der Waals surface area contributed by atoms with Crippen molar-refractivity contribution in [3.05, 3.63) is 51.6 Å². The van der Waals surface area contributed by atoms with Gasteiger partial charge in [0.25, 0.3) is 0 Å². The van der Waals surface area contributed by atoms with Gasteiger partial charge in [-0.05, 0) is 63.6 Å². The molecule has 2 fully saturated rings. The van der Waals surface area contributed by atoms with Crippen LogP contribution in [0.2, 0.25) is 0 Å². The van der Waals surface area contributed by atoms with E-state index >= 15 is 0 Å². The predicted octanol–water partition coefficient (Wildman–Crippen LogP) is 2.58. The lowest BCUT2D eigenvalue weighted by Crippen LogP contribution is -2.64. The normalized spacial score (nSPS) is 29.6. The van der Waals surface area contributed by atoms with Crippen LogP contribution >= 0.6 is 0 Å². The zero-order chi connectivity index (χ0) is 23.6. The van der Waals surface area contributed by atoms with Crippen LogP contribution in [0.5, 0.6) is 0 Å². The average molecular weight is 467 g/mol. The summed E-state index contributed by atoms with van der Waals surface area (Å²) in [7, 11) is 0. The minimum Gasteiger partial charge on any atom is -0.329 e. The van der Waals surface area contributed by atoms with Crippen LogP contribution in [0.1, 0.15) is 49.7 Å². The Morgan fingerprint density at radius 2 is 2.03 bits per heavy atom. The van der Waals surface area contributed by atoms with E-state index in [1.54, 1.807) is 0 Å². The number of likely N-dealkylation sites (tertiary alicyclic amines) is 1. The number of aromatic nitrogens is 1. The summed E-state index contributed by atoms with van der Waals surface area (Å²) in [5.41, 5.74) is 3.87. The van der Waals surface area contributed by atoms with Gasteiger partial charge in [0.05, 0.1) is 23.2 Å². The lowest BCUT2D eigenvalue weighted by molar-refractivity contribution is -0.437. The van der Waals surface area contributed by atoms with E-state index in [9.17, 15) is 23.3 Å². The summed E-state index contributed by atoms with van der Waals surface area (Å²) in [6, 6.07) is 1.47. The van der Waals surface area contributed by atoms with Crippen LogP contribution in [0.3, 0.4) is 0 Å². The van der Waals surface area contributed by atoms with Gasteiger partial charge in [-0.3, -0.25) is 20.8 Å². The molecule has 0 amide bonds. The zero-order valence-corrected chi connectivity index (χ0v) is 18.1. The fourth-order valence-corrected chi connectivity index (χ4v) is 4.90. The Morgan fingerprint density at radius 3 is 2.64 bits per heavy atom. The van der Waals surface area contributed by atoms with E-state index in [1.165, 1.54) is 12.6 Å². The molecule has 0 radical (unpaired) electrons. The minimum absolute atomic E-state index is 0.0920. The molecule has 3 aliphatic rings. The van der Waals surface area contributed by atoms with E-state index in [0.717, 1.165) is 57.2 Å². The maximum atomic E-state index is 13.2. The summed E-state index contributed by atoms with van der Waals surface area (Å²) in [6.07, 6.45) is 4.35. The molecule has 1 saturated carbocycles. The number of alkyl halides is 3. The minimum atomic E-state index is -4.53. The third-order valence-electron chi connectivity index (χ3n) is 6.79. The molecule has 1 aromatic rings. The molecular formula is C21H28F3N7O2. The quantitative estimate of drug-likeness (QED) is 0.434. The number of guanidine groups is 1. The van der Waals surface area contributed by atoms with Crippen LogP contribution in [0.15, 0.2) is 35.3 Å². The number of hydrogen-bond donors (Lipinski definition) is 3. The lowest BCUT2D eigenvalue weighted by Gasteiger charge is -2.43. The van der Waals surface area contributed by atoms with Gasteiger partial charge >= 0.3 is 11.9 Å². The molecule has 180 valence electrons. The Bertz CT molecular complexity index is 940. The van der Waals surface area contributed by atoms with Gasteiger partial charge in [0, 0.05) is 24.0 Å². The maximum Gasteiger partial charge on any atom is 0.416 e. The first-order valence-electron chi connectivity index (χ1n) is 11.1. The van der Waals surface area contributed by atoms with E-state index in [-0.39, 0.29) is 29.7 Å². The molecule has 4 N–H and O–H groups in total. The van der Waals surface area contributed by atoms with Crippen molar-refractivity contribution < 1.29 is 18.1 Å². The molecule has 9 nitrogen and oxygen atoms in total. The Morgan fingerprint density at radius 1 is 1.30 bits per heavy atom. The van der Waals surface area contributed by atoms with E-state index < -0.39 is 22.3 Å². The molecule has 33 heavy (non-hydrogen) atoms. The number of aliphatic imine (C=N–C) groups is 1. The van der Waals surface area contributed by atoms with Gasteiger partial charge < -0.3 is 15.5 Å². The van der Waals surface area contributed by atoms with Gasteiger partial charge in [0.2, 0.25) is 0 Å². The first-order valence-corrected chi connectivity index (χ1v) is 11.1. The van der Waals surface area contributed by atoms with E-state index in [1.807, 2.05) is 0 Å². The van der Waals surface area contributed by atoms with Gasteiger partial charge in [-0.25, -0.2) is 4.99 Å². The average Bonchev–Trinajstić information content (AvgIpc) is 2.71. The molecule has 1 saturated heterocycles. The molecular weight excluding hydrogens is 439 g/mol. The maximum absolute atomic E-state index is 13.2. The van der Waals surface area contributed by atoms with Crippen LogP contribution < -0.4 is 16.4 Å². The molecule has 3 heterocycles. The smallest absolute Gasteiger partial charge is 0.329 e. The number of pyridine rings is 1. The topological polar surface area (TPSA) is 122 Å². The Labute approximate surface area is 189 Å². The van der Waals surface area contributed by atoms with Crippen LogP contribution in [-0.2, 0) is 12.7 Å². The third-order valence-corrected chi connectivity index (χ3v) is 6.79. The van der Waals surface area contributed by atoms with Gasteiger partial charge in [0.15, 0.2) is 11.6 Å². The first-order chi connectivity index (χ1) is 15.7. The highest BCUT2D eigenvalue weighted by Crippen LogP contribution is 2.35. The van der Waals surface area contributed by atoms with Crippen molar-refractivity contribution in [2.45, 2.75) is 63.0 Å². The molecule has 12 heteroatoms. The molecule has 1 atom stereocenters. The van der Waals surface area contributed by atoms with Crippen LogP contribution in [0.4, 0.5) is 13.2 Å². The van der Waals surface area contributed by atoms with Gasteiger partial charge in [-0.2, -0.15) is 13.2 Å². The predicted molar refractivity (Wildman–Crippen MR) is 115 cm³/mol. The summed E-state index contributed by atoms with van der Waals surface area (Å²) in [5, 5.41) is 17.2. The highest BCUT2D eigenvalue weighted by Gasteiger charge is 2.45. The fourth-order valence-electron chi connectivity index (χ4n) is 4.90. The second-order valence-corrected chi connectivity index (χ2v) is 8.99. The summed E-state index contributed by atoms with van der Waals surface area (Å²) in [6.45, 7) is 1.98. The first kappa shape index (κ1) is 23.4. The number of hydrogen-bond acceptors (Lipinski definition) is 6. The Balaban J connectivity index is 1.46. The Hall–Kier alpha value is -2.73. The highest BCUT2D eigenvalue weighted by atomic mass is 19.4. The number of halogens is 3. The lowest BCUT2D eigenvalue weighted by atomic mass is 9.79. The van der Waals surface area contributed by atoms with E-state index in [2.05, 4.69) is 25.5 Å². The third kappa shape index (κ3) is 5.27. The number of nitrogens with zero attached hydrogens (tertiary/aromatic N) is 4. The Kier molecular flexibility index (Phi) is 6.57. The summed E-state index contributed by atoms with van der Waals surface area (Å²) in [5.74, 6) is 0.298. The number of nitro groups is 1. The summed E-state index contributed by atoms with van der Waals surface area (Å²) in [4.78, 5) is 21.5. The van der Waals surface area contributed by atoms with Gasteiger partial charge in [0.1, 0.15) is 0 Å². The summed E-state index contributed by atoms with van der Waals surface area (Å²) < 4.78 is 39.7. The largest absolute Gasteiger partial charge is 0.416 e. The van der Waals surface area contributed by atoms with Gasteiger partial charge in [-0.1, -0.05) is 0 Å². The van der Waals surface area contributed by atoms with Crippen molar-refractivity contribution in [1.29, 1.82) is 0 Å². The van der Waals surface area contributed by atoms with Crippen molar-refractivity contribution in [1.82, 2.24) is 20.5 Å². The monoisotopic (exact) mass is 467 g/mol. The molecule has 0 bridgehead atoms. The van der Waals surface area contributed by atoms with Crippen molar-refractivity contribution in [3.63, 3.8) is 0 Å². The second kappa shape index (κ2) is 9.26. The van der Waals surface area contributed by atoms with Crippen molar-refractivity contribution in [2.75, 3.05) is 13.1 Å². The van der Waals surface area contributed by atoms with Gasteiger partial charge in [-0.15, -0.1) is 0 Å². The standard InChI is InChI=1S/C21H28F3N7O2/c22-21(23,24)17-6-7-26-11-15(17)12-27-19-28-13-18(31(32)33)20(25,29-19)10-14-2-4-16(5-3-14)30-8-1-9-30/h6-7,11,13-14,16H,1-5,8-10,12,25H2,(H2,27,28,29). The molecule has 4 rings (SSSR count). The molecule has 1 aliphatic carbocycles. The second-order valence-electron chi connectivity index (χ2n) is 8.99. The number of nitrogens with two attached hydrogens (primary N) is 1. The van der Waals surface area contributed by atoms with Crippen LogP contribution in [0.25, 0.3) is 0 Å². The van der Waals surface area contributed by atoms with E-state index in [0.29, 0.717) is 12.5 Å².